The number of aromatic nitrogens is 2. The van der Waals surface area contributed by atoms with Crippen molar-refractivity contribution in [3.63, 3.8) is 0 Å². The first-order valence-corrected chi connectivity index (χ1v) is 5.77. The molecule has 0 spiro atoms. The lowest BCUT2D eigenvalue weighted by Crippen LogP contribution is -2.14. The van der Waals surface area contributed by atoms with E-state index in [1.807, 2.05) is 0 Å². The monoisotopic (exact) mass is 238 g/mol. The number of hydrogen-bond acceptors (Lipinski definition) is 4. The van der Waals surface area contributed by atoms with E-state index in [4.69, 9.17) is 0 Å². The van der Waals surface area contributed by atoms with Crippen LogP contribution in [0.3, 0.4) is 0 Å². The normalized spacial score (nSPS) is 21.1. The molecule has 1 heterocycles. The van der Waals surface area contributed by atoms with Crippen LogP contribution in [-0.2, 0) is 0 Å². The third-order valence-electron chi connectivity index (χ3n) is 4.27. The molecule has 1 aromatic rings. The predicted octanol–water partition coefficient (Wildman–Crippen LogP) is 2.50. The van der Waals surface area contributed by atoms with Crippen molar-refractivity contribution in [1.29, 1.82) is 0 Å². The van der Waals surface area contributed by atoms with Crippen LogP contribution in [0.1, 0.15) is 27.7 Å². The van der Waals surface area contributed by atoms with Crippen LogP contribution in [0, 0.1) is 16.6 Å². The Morgan fingerprint density at radius 1 is 1.24 bits per heavy atom. The highest BCUT2D eigenvalue weighted by Crippen LogP contribution is 2.63. The molecule has 0 amide bonds. The fourth-order valence-corrected chi connectivity index (χ4v) is 2.28. The molecule has 0 atom stereocenters. The van der Waals surface area contributed by atoms with Gasteiger partial charge in [-0.2, -0.15) is 4.98 Å². The van der Waals surface area contributed by atoms with Crippen molar-refractivity contribution in [1.82, 2.24) is 9.97 Å². The van der Waals surface area contributed by atoms with Crippen molar-refractivity contribution >= 4 is 11.8 Å². The van der Waals surface area contributed by atoms with Crippen molar-refractivity contribution in [2.75, 3.05) is 17.7 Å². The topological polar surface area (TPSA) is 49.8 Å². The van der Waals surface area contributed by atoms with Crippen molar-refractivity contribution in [3.8, 4) is 0 Å². The molecule has 5 heteroatoms. The van der Waals surface area contributed by atoms with Gasteiger partial charge in [-0.1, -0.05) is 27.7 Å². The van der Waals surface area contributed by atoms with Crippen LogP contribution in [0.15, 0.2) is 6.20 Å². The van der Waals surface area contributed by atoms with Crippen LogP contribution in [0.5, 0.6) is 0 Å². The van der Waals surface area contributed by atoms with E-state index >= 15 is 0 Å². The molecule has 0 radical (unpaired) electrons. The average molecular weight is 238 g/mol. The third kappa shape index (κ3) is 1.73. The van der Waals surface area contributed by atoms with Gasteiger partial charge in [0.15, 0.2) is 11.6 Å². The molecule has 1 aromatic heterocycles. The maximum atomic E-state index is 13.6. The summed E-state index contributed by atoms with van der Waals surface area (Å²) in [4.78, 5) is 7.91. The summed E-state index contributed by atoms with van der Waals surface area (Å²) < 4.78 is 13.6. The summed E-state index contributed by atoms with van der Waals surface area (Å²) in [6.07, 6.45) is 1.18. The van der Waals surface area contributed by atoms with Crippen molar-refractivity contribution < 1.29 is 4.39 Å². The van der Waals surface area contributed by atoms with Gasteiger partial charge in [0.25, 0.3) is 0 Å². The lowest BCUT2D eigenvalue weighted by atomic mass is 10.0. The number of nitrogens with zero attached hydrogens (tertiary/aromatic N) is 2. The van der Waals surface area contributed by atoms with Gasteiger partial charge in [-0.3, -0.25) is 0 Å². The zero-order valence-corrected chi connectivity index (χ0v) is 10.9. The minimum absolute atomic E-state index is 0.143. The number of hydrogen-bond donors (Lipinski definition) is 2. The molecule has 0 aliphatic heterocycles. The largest absolute Gasteiger partial charge is 0.364 e. The van der Waals surface area contributed by atoms with Crippen LogP contribution >= 0.6 is 0 Å². The first-order valence-electron chi connectivity index (χ1n) is 5.77. The molecule has 4 nitrogen and oxygen atoms in total. The second-order valence-corrected chi connectivity index (χ2v) is 5.66. The Morgan fingerprint density at radius 2 is 1.82 bits per heavy atom. The molecule has 1 aliphatic carbocycles. The molecule has 1 saturated carbocycles. The Bertz CT molecular complexity index is 428. The smallest absolute Gasteiger partial charge is 0.224 e. The van der Waals surface area contributed by atoms with Crippen LogP contribution in [0.2, 0.25) is 0 Å². The molecule has 94 valence electrons. The quantitative estimate of drug-likeness (QED) is 0.849. The lowest BCUT2D eigenvalue weighted by molar-refractivity contribution is 0.457. The first kappa shape index (κ1) is 12.1. The van der Waals surface area contributed by atoms with Gasteiger partial charge in [0.1, 0.15) is 0 Å². The van der Waals surface area contributed by atoms with Gasteiger partial charge in [0.05, 0.1) is 6.20 Å². The molecule has 0 saturated heterocycles. The molecule has 1 fully saturated rings. The number of anilines is 2. The maximum Gasteiger partial charge on any atom is 0.224 e. The first-order chi connectivity index (χ1) is 7.80. The zero-order valence-electron chi connectivity index (χ0n) is 10.9. The van der Waals surface area contributed by atoms with Gasteiger partial charge in [-0.05, 0) is 10.8 Å². The van der Waals surface area contributed by atoms with E-state index in [2.05, 4.69) is 48.3 Å². The minimum Gasteiger partial charge on any atom is -0.364 e. The Hall–Kier alpha value is -1.39. The van der Waals surface area contributed by atoms with Crippen molar-refractivity contribution in [2.24, 2.45) is 10.8 Å². The van der Waals surface area contributed by atoms with E-state index in [0.29, 0.717) is 5.95 Å². The van der Waals surface area contributed by atoms with Crippen molar-refractivity contribution in [3.05, 3.63) is 12.0 Å². The fourth-order valence-electron chi connectivity index (χ4n) is 2.28. The number of nitrogens with one attached hydrogen (secondary N) is 2. The highest BCUT2D eigenvalue weighted by atomic mass is 19.1. The fraction of sp³-hybridized carbons (Fsp3) is 0.667. The molecule has 0 unspecified atom stereocenters. The SMILES string of the molecule is CNc1ncc(F)c(NC2C(C)(C)C2(C)C)n1. The Morgan fingerprint density at radius 3 is 2.29 bits per heavy atom. The van der Waals surface area contributed by atoms with Crippen molar-refractivity contribution in [2.45, 2.75) is 33.7 Å². The summed E-state index contributed by atoms with van der Waals surface area (Å²) in [5.41, 5.74) is 0.286. The summed E-state index contributed by atoms with van der Waals surface area (Å²) in [6.45, 7) is 8.68. The molecule has 1 aliphatic rings. The van der Waals surface area contributed by atoms with Crippen LogP contribution in [0.25, 0.3) is 0 Å². The van der Waals surface area contributed by atoms with Gasteiger partial charge >= 0.3 is 0 Å². The second kappa shape index (κ2) is 3.55. The van der Waals surface area contributed by atoms with Gasteiger partial charge in [-0.15, -0.1) is 0 Å². The lowest BCUT2D eigenvalue weighted by Gasteiger charge is -2.09. The molecular formula is C12H19FN4. The van der Waals surface area contributed by atoms with E-state index in [-0.39, 0.29) is 22.7 Å². The average Bonchev–Trinajstić information content (AvgIpc) is 2.64. The molecule has 17 heavy (non-hydrogen) atoms. The molecule has 0 bridgehead atoms. The summed E-state index contributed by atoms with van der Waals surface area (Å²) >= 11 is 0. The second-order valence-electron chi connectivity index (χ2n) is 5.66. The Balaban J connectivity index is 2.21. The Kier molecular flexibility index (Phi) is 2.52. The molecule has 0 aromatic carbocycles. The molecule has 2 rings (SSSR count). The number of halogens is 1. The highest BCUT2D eigenvalue weighted by molar-refractivity contribution is 5.45. The van der Waals surface area contributed by atoms with E-state index in [9.17, 15) is 4.39 Å². The zero-order chi connectivity index (χ0) is 12.8. The van der Waals surface area contributed by atoms with Gasteiger partial charge in [0.2, 0.25) is 5.95 Å². The van der Waals surface area contributed by atoms with Gasteiger partial charge < -0.3 is 10.6 Å². The third-order valence-corrected chi connectivity index (χ3v) is 4.27. The standard InChI is InChI=1S/C12H19FN4/c1-11(2)9(12(11,3)4)16-8-7(13)6-15-10(14-5)17-8/h6,9H,1-5H3,(H2,14,15,16,17). The number of rotatable bonds is 3. The maximum absolute atomic E-state index is 13.6. The van der Waals surface area contributed by atoms with Crippen LogP contribution in [-0.4, -0.2) is 23.1 Å². The minimum atomic E-state index is -0.414. The summed E-state index contributed by atoms with van der Waals surface area (Å²) in [6, 6.07) is 0.226. The van der Waals surface area contributed by atoms with E-state index in [0.717, 1.165) is 0 Å². The van der Waals surface area contributed by atoms with Crippen LogP contribution < -0.4 is 10.6 Å². The summed E-state index contributed by atoms with van der Waals surface area (Å²) in [5, 5.41) is 5.97. The predicted molar refractivity (Wildman–Crippen MR) is 66.5 cm³/mol. The van der Waals surface area contributed by atoms with Crippen LogP contribution in [0.4, 0.5) is 16.2 Å². The summed E-state index contributed by atoms with van der Waals surface area (Å²) in [5.74, 6) is 0.278. The summed E-state index contributed by atoms with van der Waals surface area (Å²) in [7, 11) is 1.71. The molecule has 2 N–H and O–H groups in total. The van der Waals surface area contributed by atoms with E-state index < -0.39 is 5.82 Å². The van der Waals surface area contributed by atoms with Gasteiger partial charge in [-0.25, -0.2) is 9.37 Å². The van der Waals surface area contributed by atoms with E-state index in [1.54, 1.807) is 7.05 Å². The van der Waals surface area contributed by atoms with E-state index in [1.165, 1.54) is 6.20 Å². The highest BCUT2D eigenvalue weighted by Gasteiger charge is 2.65. The van der Waals surface area contributed by atoms with Gasteiger partial charge in [0, 0.05) is 13.1 Å². The Labute approximate surface area is 101 Å². The molecular weight excluding hydrogens is 219 g/mol.